The summed E-state index contributed by atoms with van der Waals surface area (Å²) < 4.78 is 0. The van der Waals surface area contributed by atoms with Crippen LogP contribution in [0.25, 0.3) is 0 Å². The summed E-state index contributed by atoms with van der Waals surface area (Å²) in [4.78, 5) is 11.1. The highest BCUT2D eigenvalue weighted by atomic mass is 16.1. The Labute approximate surface area is 115 Å². The van der Waals surface area contributed by atoms with Crippen molar-refractivity contribution in [2.45, 2.75) is 26.2 Å². The van der Waals surface area contributed by atoms with E-state index in [2.05, 4.69) is 17.9 Å². The molecular weight excluding hydrogens is 232 g/mol. The average molecular weight is 250 g/mol. The van der Waals surface area contributed by atoms with Crippen molar-refractivity contribution in [3.63, 3.8) is 0 Å². The van der Waals surface area contributed by atoms with Gasteiger partial charge in [-0.3, -0.25) is 4.79 Å². The van der Waals surface area contributed by atoms with Crippen molar-refractivity contribution in [1.29, 1.82) is 0 Å². The minimum absolute atomic E-state index is 0.251. The molecule has 1 aliphatic carbocycles. The van der Waals surface area contributed by atoms with Gasteiger partial charge >= 0.3 is 0 Å². The Balaban J connectivity index is 1.92. The first kappa shape index (κ1) is 13.4. The number of benzene rings is 1. The molecule has 0 spiro atoms. The molecule has 0 heterocycles. The Bertz CT molecular complexity index is 552. The molecule has 0 fully saturated rings. The van der Waals surface area contributed by atoms with Crippen molar-refractivity contribution in [3.8, 4) is 11.8 Å². The molecule has 96 valence electrons. The van der Waals surface area contributed by atoms with Gasteiger partial charge in [0.05, 0.1) is 0 Å². The molecule has 1 aliphatic rings. The van der Waals surface area contributed by atoms with E-state index in [1.807, 2.05) is 43.3 Å². The molecule has 0 saturated carbocycles. The zero-order valence-electron chi connectivity index (χ0n) is 11.2. The van der Waals surface area contributed by atoms with Crippen LogP contribution in [0.1, 0.15) is 31.7 Å². The van der Waals surface area contributed by atoms with Crippen molar-refractivity contribution >= 4 is 5.78 Å². The number of ketones is 1. The fourth-order valence-electron chi connectivity index (χ4n) is 2.02. The smallest absolute Gasteiger partial charge is 0.155 e. The fraction of sp³-hybridized carbons (Fsp3) is 0.278. The standard InChI is InChI=1S/C18H18O/c1-15(7-9-16-5-3-2-4-6-16)8-10-17-11-13-18(19)14-12-17/h2-6,8,11,13,17H,10,12,14H2,1H3/b15-8+. The van der Waals surface area contributed by atoms with Gasteiger partial charge in [0, 0.05) is 12.0 Å². The molecule has 0 radical (unpaired) electrons. The summed E-state index contributed by atoms with van der Waals surface area (Å²) in [5.74, 6) is 7.06. The second kappa shape index (κ2) is 6.75. The van der Waals surface area contributed by atoms with Crippen LogP contribution in [0.4, 0.5) is 0 Å². The number of carbonyl (C=O) groups is 1. The van der Waals surface area contributed by atoms with E-state index in [9.17, 15) is 4.79 Å². The summed E-state index contributed by atoms with van der Waals surface area (Å²) in [7, 11) is 0. The fourth-order valence-corrected chi connectivity index (χ4v) is 2.02. The van der Waals surface area contributed by atoms with Crippen LogP contribution in [0, 0.1) is 17.8 Å². The van der Waals surface area contributed by atoms with E-state index >= 15 is 0 Å². The van der Waals surface area contributed by atoms with Crippen molar-refractivity contribution < 1.29 is 4.79 Å². The number of hydrogen-bond acceptors (Lipinski definition) is 1. The Kier molecular flexibility index (Phi) is 4.75. The molecule has 1 aromatic carbocycles. The van der Waals surface area contributed by atoms with Crippen LogP contribution in [0.5, 0.6) is 0 Å². The molecule has 0 aromatic heterocycles. The number of allylic oxidation sites excluding steroid dienone is 4. The zero-order chi connectivity index (χ0) is 13.5. The van der Waals surface area contributed by atoms with Gasteiger partial charge in [0.1, 0.15) is 0 Å². The van der Waals surface area contributed by atoms with E-state index in [0.717, 1.165) is 24.0 Å². The topological polar surface area (TPSA) is 17.1 Å². The lowest BCUT2D eigenvalue weighted by Crippen LogP contribution is -2.06. The van der Waals surface area contributed by atoms with Crippen molar-refractivity contribution in [2.24, 2.45) is 5.92 Å². The summed E-state index contributed by atoms with van der Waals surface area (Å²) in [5.41, 5.74) is 2.13. The van der Waals surface area contributed by atoms with Crippen molar-refractivity contribution in [3.05, 3.63) is 59.7 Å². The predicted octanol–water partition coefficient (Wildman–Crippen LogP) is 3.91. The molecule has 0 saturated heterocycles. The van der Waals surface area contributed by atoms with Gasteiger partial charge in [-0.25, -0.2) is 0 Å². The van der Waals surface area contributed by atoms with E-state index in [1.54, 1.807) is 6.08 Å². The summed E-state index contributed by atoms with van der Waals surface area (Å²) in [6.45, 7) is 2.04. The molecule has 1 nitrogen and oxygen atoms in total. The molecule has 0 N–H and O–H groups in total. The zero-order valence-corrected chi connectivity index (χ0v) is 11.2. The van der Waals surface area contributed by atoms with Gasteiger partial charge in [-0.05, 0) is 49.5 Å². The number of carbonyl (C=O) groups excluding carboxylic acids is 1. The van der Waals surface area contributed by atoms with Crippen molar-refractivity contribution in [2.75, 3.05) is 0 Å². The first-order valence-electron chi connectivity index (χ1n) is 6.69. The lowest BCUT2D eigenvalue weighted by atomic mass is 9.92. The molecule has 0 bridgehead atoms. The summed E-state index contributed by atoms with van der Waals surface area (Å²) in [6.07, 6.45) is 8.53. The molecule has 1 unspecified atom stereocenters. The first-order valence-corrected chi connectivity index (χ1v) is 6.69. The van der Waals surface area contributed by atoms with Gasteiger partial charge in [-0.2, -0.15) is 0 Å². The Morgan fingerprint density at radius 2 is 2.16 bits per heavy atom. The van der Waals surface area contributed by atoms with Crippen molar-refractivity contribution in [1.82, 2.24) is 0 Å². The molecule has 0 amide bonds. The monoisotopic (exact) mass is 250 g/mol. The van der Waals surface area contributed by atoms with E-state index in [0.29, 0.717) is 12.3 Å². The number of rotatable bonds is 2. The van der Waals surface area contributed by atoms with E-state index in [4.69, 9.17) is 0 Å². The van der Waals surface area contributed by atoms with E-state index in [-0.39, 0.29) is 5.78 Å². The minimum atomic E-state index is 0.251. The van der Waals surface area contributed by atoms with Crippen LogP contribution in [-0.2, 0) is 4.79 Å². The minimum Gasteiger partial charge on any atom is -0.295 e. The molecule has 2 rings (SSSR count). The van der Waals surface area contributed by atoms with Crippen LogP contribution in [0.2, 0.25) is 0 Å². The van der Waals surface area contributed by atoms with Gasteiger partial charge in [0.2, 0.25) is 0 Å². The normalized spacial score (nSPS) is 18.9. The van der Waals surface area contributed by atoms with Gasteiger partial charge in [0.25, 0.3) is 0 Å². The van der Waals surface area contributed by atoms with Crippen LogP contribution in [-0.4, -0.2) is 5.78 Å². The summed E-state index contributed by atoms with van der Waals surface area (Å²) >= 11 is 0. The molecular formula is C18H18O. The van der Waals surface area contributed by atoms with Gasteiger partial charge < -0.3 is 0 Å². The lowest BCUT2D eigenvalue weighted by molar-refractivity contribution is -0.115. The number of hydrogen-bond donors (Lipinski definition) is 0. The third kappa shape index (κ3) is 4.60. The summed E-state index contributed by atoms with van der Waals surface area (Å²) in [6, 6.07) is 10.00. The Morgan fingerprint density at radius 3 is 2.84 bits per heavy atom. The SMILES string of the molecule is C/C(C#Cc1ccccc1)=C\CC1C=CC(=O)CC1. The molecule has 1 atom stereocenters. The maximum Gasteiger partial charge on any atom is 0.155 e. The highest BCUT2D eigenvalue weighted by Crippen LogP contribution is 2.19. The van der Waals surface area contributed by atoms with Crippen LogP contribution in [0.15, 0.2) is 54.1 Å². The first-order chi connectivity index (χ1) is 9.24. The second-order valence-corrected chi connectivity index (χ2v) is 4.86. The van der Waals surface area contributed by atoms with Crippen LogP contribution in [0.3, 0.4) is 0 Å². The molecule has 0 aliphatic heterocycles. The maximum atomic E-state index is 11.1. The quantitative estimate of drug-likeness (QED) is 0.727. The van der Waals surface area contributed by atoms with Crippen LogP contribution >= 0.6 is 0 Å². The molecule has 1 aromatic rings. The van der Waals surface area contributed by atoms with Gasteiger partial charge in [-0.1, -0.05) is 42.2 Å². The van der Waals surface area contributed by atoms with Gasteiger partial charge in [-0.15, -0.1) is 0 Å². The third-order valence-electron chi connectivity index (χ3n) is 3.22. The average Bonchev–Trinajstić information content (AvgIpc) is 2.45. The highest BCUT2D eigenvalue weighted by molar-refractivity contribution is 5.90. The second-order valence-electron chi connectivity index (χ2n) is 4.86. The molecule has 19 heavy (non-hydrogen) atoms. The molecule has 1 heteroatoms. The maximum absolute atomic E-state index is 11.1. The van der Waals surface area contributed by atoms with E-state index in [1.165, 1.54) is 0 Å². The largest absolute Gasteiger partial charge is 0.295 e. The van der Waals surface area contributed by atoms with Crippen LogP contribution < -0.4 is 0 Å². The van der Waals surface area contributed by atoms with Gasteiger partial charge in [0.15, 0.2) is 5.78 Å². The third-order valence-corrected chi connectivity index (χ3v) is 3.22. The van der Waals surface area contributed by atoms with E-state index < -0.39 is 0 Å². The Hall–Kier alpha value is -2.07. The Morgan fingerprint density at radius 1 is 1.37 bits per heavy atom. The summed E-state index contributed by atoms with van der Waals surface area (Å²) in [5, 5.41) is 0. The highest BCUT2D eigenvalue weighted by Gasteiger charge is 2.11. The lowest BCUT2D eigenvalue weighted by Gasteiger charge is -2.13. The predicted molar refractivity (Wildman–Crippen MR) is 78.6 cm³/mol.